The highest BCUT2D eigenvalue weighted by Crippen LogP contribution is 2.32. The lowest BCUT2D eigenvalue weighted by Crippen LogP contribution is -2.55. The summed E-state index contributed by atoms with van der Waals surface area (Å²) in [6.45, 7) is 3.31. The second kappa shape index (κ2) is 6.79. The number of halogens is 1. The van der Waals surface area contributed by atoms with E-state index in [1.807, 2.05) is 24.1 Å². The van der Waals surface area contributed by atoms with Crippen molar-refractivity contribution < 1.29 is 13.9 Å². The Hall–Kier alpha value is -1.88. The van der Waals surface area contributed by atoms with Crippen LogP contribution in [0.4, 0.5) is 4.39 Å². The third kappa shape index (κ3) is 3.06. The van der Waals surface area contributed by atoms with E-state index in [0.717, 1.165) is 30.3 Å². The Bertz CT molecular complexity index is 770. The summed E-state index contributed by atoms with van der Waals surface area (Å²) in [7, 11) is 0. The van der Waals surface area contributed by atoms with Gasteiger partial charge in [0.25, 0.3) is 0 Å². The number of benzene rings is 1. The van der Waals surface area contributed by atoms with Gasteiger partial charge in [0.05, 0.1) is 18.8 Å². The molecular weight excluding hydrogens is 319 g/mol. The van der Waals surface area contributed by atoms with Gasteiger partial charge in [0.2, 0.25) is 5.91 Å². The second-order valence-electron chi connectivity index (χ2n) is 7.36. The number of carbonyl (C=O) groups excluding carboxylic acids is 1. The van der Waals surface area contributed by atoms with Crippen molar-refractivity contribution >= 4 is 16.8 Å². The molecule has 2 fully saturated rings. The van der Waals surface area contributed by atoms with Gasteiger partial charge >= 0.3 is 0 Å². The molecule has 25 heavy (non-hydrogen) atoms. The van der Waals surface area contributed by atoms with Crippen LogP contribution in [0, 0.1) is 5.82 Å². The molecule has 1 saturated heterocycles. The van der Waals surface area contributed by atoms with Gasteiger partial charge < -0.3 is 14.6 Å². The van der Waals surface area contributed by atoms with Crippen LogP contribution in [0.5, 0.6) is 0 Å². The van der Waals surface area contributed by atoms with Crippen LogP contribution >= 0.6 is 0 Å². The van der Waals surface area contributed by atoms with Gasteiger partial charge in [-0.05, 0) is 36.5 Å². The zero-order valence-electron chi connectivity index (χ0n) is 14.6. The van der Waals surface area contributed by atoms with Crippen molar-refractivity contribution in [3.05, 3.63) is 35.8 Å². The Kier molecular flexibility index (Phi) is 4.50. The van der Waals surface area contributed by atoms with Gasteiger partial charge in [-0.1, -0.05) is 25.8 Å². The molecule has 4 nitrogen and oxygen atoms in total. The number of ether oxygens (including phenoxy) is 1. The lowest BCUT2D eigenvalue weighted by Gasteiger charge is -2.44. The molecule has 1 aromatic heterocycles. The van der Waals surface area contributed by atoms with E-state index in [2.05, 4.69) is 4.98 Å². The van der Waals surface area contributed by atoms with Gasteiger partial charge in [-0.15, -0.1) is 0 Å². The van der Waals surface area contributed by atoms with E-state index < -0.39 is 0 Å². The zero-order valence-corrected chi connectivity index (χ0v) is 14.6. The van der Waals surface area contributed by atoms with Crippen molar-refractivity contribution in [2.45, 2.75) is 57.1 Å². The number of amides is 1. The first-order chi connectivity index (χ1) is 12.1. The molecule has 2 aromatic rings. The minimum absolute atomic E-state index is 0.0250. The predicted molar refractivity (Wildman–Crippen MR) is 95.0 cm³/mol. The van der Waals surface area contributed by atoms with E-state index in [1.54, 1.807) is 6.07 Å². The molecule has 1 amide bonds. The summed E-state index contributed by atoms with van der Waals surface area (Å²) in [5.74, 6) is -0.0896. The first-order valence-corrected chi connectivity index (χ1v) is 9.31. The third-order valence-electron chi connectivity index (χ3n) is 5.75. The maximum absolute atomic E-state index is 14.2. The van der Waals surface area contributed by atoms with Crippen LogP contribution in [0.25, 0.3) is 10.9 Å². The van der Waals surface area contributed by atoms with Crippen molar-refractivity contribution in [3.63, 3.8) is 0 Å². The summed E-state index contributed by atoms with van der Waals surface area (Å²) in [5.41, 5.74) is 1.67. The molecule has 1 aliphatic heterocycles. The quantitative estimate of drug-likeness (QED) is 0.916. The first-order valence-electron chi connectivity index (χ1n) is 9.31. The van der Waals surface area contributed by atoms with E-state index in [9.17, 15) is 9.18 Å². The number of morpholine rings is 1. The molecule has 1 N–H and O–H groups in total. The van der Waals surface area contributed by atoms with E-state index in [1.165, 1.54) is 12.5 Å². The number of H-pyrrole nitrogens is 1. The monoisotopic (exact) mass is 344 g/mol. The molecule has 1 aliphatic carbocycles. The summed E-state index contributed by atoms with van der Waals surface area (Å²) in [6.07, 6.45) is 6.89. The fraction of sp³-hybridized carbons (Fsp3) is 0.550. The molecule has 0 bridgehead atoms. The molecule has 0 spiro atoms. The lowest BCUT2D eigenvalue weighted by atomic mass is 9.89. The summed E-state index contributed by atoms with van der Waals surface area (Å²) < 4.78 is 20.1. The van der Waals surface area contributed by atoms with E-state index in [-0.39, 0.29) is 29.8 Å². The van der Waals surface area contributed by atoms with Crippen molar-refractivity contribution in [2.24, 2.45) is 0 Å². The lowest BCUT2D eigenvalue weighted by molar-refractivity contribution is -0.149. The van der Waals surface area contributed by atoms with Gasteiger partial charge in [-0.25, -0.2) is 4.39 Å². The maximum Gasteiger partial charge on any atom is 0.223 e. The highest BCUT2D eigenvalue weighted by molar-refractivity contribution is 5.85. The first kappa shape index (κ1) is 16.6. The minimum Gasteiger partial charge on any atom is -0.374 e. The number of hydrogen-bond donors (Lipinski definition) is 1. The van der Waals surface area contributed by atoms with Crippen molar-refractivity contribution in [2.75, 3.05) is 13.2 Å². The SMILES string of the molecule is CC(CC(=O)N1CCO[C@H]2CCCCC21)c1c[nH]c2cccc(F)c12. The molecular formula is C20H25FN2O2. The zero-order chi connectivity index (χ0) is 17.4. The van der Waals surface area contributed by atoms with Gasteiger partial charge in [-0.2, -0.15) is 0 Å². The van der Waals surface area contributed by atoms with Crippen LogP contribution in [0.2, 0.25) is 0 Å². The van der Waals surface area contributed by atoms with Gasteiger partial charge in [0, 0.05) is 30.1 Å². The average Bonchev–Trinajstić information content (AvgIpc) is 3.07. The summed E-state index contributed by atoms with van der Waals surface area (Å²) in [4.78, 5) is 18.1. The number of aromatic amines is 1. The largest absolute Gasteiger partial charge is 0.374 e. The Morgan fingerprint density at radius 2 is 2.24 bits per heavy atom. The molecule has 4 rings (SSSR count). The van der Waals surface area contributed by atoms with Crippen LogP contribution in [0.3, 0.4) is 0 Å². The summed E-state index contributed by atoms with van der Waals surface area (Å²) >= 11 is 0. The Labute approximate surface area is 147 Å². The molecule has 2 unspecified atom stereocenters. The number of nitrogens with zero attached hydrogens (tertiary/aromatic N) is 1. The average molecular weight is 344 g/mol. The fourth-order valence-electron chi connectivity index (χ4n) is 4.45. The molecule has 134 valence electrons. The number of fused-ring (bicyclic) bond motifs is 2. The van der Waals surface area contributed by atoms with Crippen LogP contribution < -0.4 is 0 Å². The molecule has 0 radical (unpaired) electrons. The normalized spacial score (nSPS) is 25.0. The number of carbonyl (C=O) groups is 1. The molecule has 2 heterocycles. The number of hydrogen-bond acceptors (Lipinski definition) is 2. The van der Waals surface area contributed by atoms with Crippen molar-refractivity contribution in [1.82, 2.24) is 9.88 Å². The number of nitrogens with one attached hydrogen (secondary N) is 1. The van der Waals surface area contributed by atoms with E-state index in [4.69, 9.17) is 4.74 Å². The maximum atomic E-state index is 14.2. The van der Waals surface area contributed by atoms with Crippen LogP contribution in [-0.2, 0) is 9.53 Å². The topological polar surface area (TPSA) is 45.3 Å². The number of rotatable bonds is 3. The molecule has 5 heteroatoms. The molecule has 1 saturated carbocycles. The van der Waals surface area contributed by atoms with Gasteiger partial charge in [-0.3, -0.25) is 4.79 Å². The molecule has 2 aliphatic rings. The van der Waals surface area contributed by atoms with Crippen LogP contribution in [0.15, 0.2) is 24.4 Å². The summed E-state index contributed by atoms with van der Waals surface area (Å²) in [5, 5.41) is 0.611. The van der Waals surface area contributed by atoms with E-state index >= 15 is 0 Å². The smallest absolute Gasteiger partial charge is 0.223 e. The highest BCUT2D eigenvalue weighted by atomic mass is 19.1. The fourth-order valence-corrected chi connectivity index (χ4v) is 4.45. The summed E-state index contributed by atoms with van der Waals surface area (Å²) in [6, 6.07) is 5.26. The number of aromatic nitrogens is 1. The standard InChI is InChI=1S/C20H25FN2O2/c1-13(14-12-22-16-6-4-5-15(21)20(14)16)11-19(24)23-9-10-25-18-8-3-2-7-17(18)23/h4-6,12-13,17-18,22H,2-3,7-11H2,1H3/t13?,17?,18-/m0/s1. The minimum atomic E-state index is -0.230. The molecule has 1 aromatic carbocycles. The van der Waals surface area contributed by atoms with Gasteiger partial charge in [0.15, 0.2) is 0 Å². The Morgan fingerprint density at radius 3 is 3.12 bits per heavy atom. The highest BCUT2D eigenvalue weighted by Gasteiger charge is 2.37. The molecule has 3 atom stereocenters. The third-order valence-corrected chi connectivity index (χ3v) is 5.75. The Balaban J connectivity index is 1.51. The van der Waals surface area contributed by atoms with E-state index in [0.29, 0.717) is 25.0 Å². The van der Waals surface area contributed by atoms with Crippen LogP contribution in [-0.4, -0.2) is 41.1 Å². The van der Waals surface area contributed by atoms with Crippen LogP contribution in [0.1, 0.15) is 50.5 Å². The van der Waals surface area contributed by atoms with Crippen molar-refractivity contribution in [3.8, 4) is 0 Å². The Morgan fingerprint density at radius 1 is 1.40 bits per heavy atom. The van der Waals surface area contributed by atoms with Gasteiger partial charge in [0.1, 0.15) is 5.82 Å². The predicted octanol–water partition coefficient (Wildman–Crippen LogP) is 3.97. The van der Waals surface area contributed by atoms with Crippen molar-refractivity contribution in [1.29, 1.82) is 0 Å². The second-order valence-corrected chi connectivity index (χ2v) is 7.36.